The summed E-state index contributed by atoms with van der Waals surface area (Å²) >= 11 is 0. The van der Waals surface area contributed by atoms with Gasteiger partial charge in [-0.05, 0) is 42.7 Å². The van der Waals surface area contributed by atoms with Gasteiger partial charge in [-0.1, -0.05) is 44.5 Å². The third-order valence-corrected chi connectivity index (χ3v) is 4.71. The number of hydrogen-bond donors (Lipinski definition) is 1. The minimum absolute atomic E-state index is 0.0531. The van der Waals surface area contributed by atoms with Crippen molar-refractivity contribution in [3.05, 3.63) is 35.4 Å². The minimum Gasteiger partial charge on any atom is -0.463 e. The first-order valence-corrected chi connectivity index (χ1v) is 10.3. The number of ether oxygens (including phenoxy) is 2. The highest BCUT2D eigenvalue weighted by molar-refractivity contribution is 5.74. The van der Waals surface area contributed by atoms with Crippen molar-refractivity contribution in [1.82, 2.24) is 5.32 Å². The molecule has 0 aliphatic heterocycles. The first-order chi connectivity index (χ1) is 13.6. The van der Waals surface area contributed by atoms with E-state index in [0.29, 0.717) is 18.8 Å². The summed E-state index contributed by atoms with van der Waals surface area (Å²) in [4.78, 5) is 34.4. The van der Waals surface area contributed by atoms with E-state index in [4.69, 9.17) is 9.47 Å². The molecular formula is C23H35NO5. The standard InChI is InChI=1S/C23H35NO5/c1-17(2)7-6-8-21-9-11-22(12-10-21)13-14-23(24-18(3)25,15-28-19(4)26)16-29-20(5)27/h9-12,17H,6-8,13-16H2,1-5H3,(H,24,25). The van der Waals surface area contributed by atoms with Crippen LogP contribution in [0.25, 0.3) is 0 Å². The summed E-state index contributed by atoms with van der Waals surface area (Å²) in [5, 5.41) is 2.83. The number of aryl methyl sites for hydroxylation is 2. The molecule has 0 saturated heterocycles. The van der Waals surface area contributed by atoms with Crippen LogP contribution < -0.4 is 5.32 Å². The lowest BCUT2D eigenvalue weighted by molar-refractivity contribution is -0.150. The molecule has 0 spiro atoms. The summed E-state index contributed by atoms with van der Waals surface area (Å²) in [6.07, 6.45) is 4.57. The topological polar surface area (TPSA) is 81.7 Å². The molecule has 1 aromatic carbocycles. The SMILES string of the molecule is CC(=O)NC(CCc1ccc(CCCC(C)C)cc1)(COC(C)=O)COC(C)=O. The molecule has 0 unspecified atom stereocenters. The van der Waals surface area contributed by atoms with Gasteiger partial charge in [0.05, 0.1) is 0 Å². The Morgan fingerprint density at radius 1 is 0.897 bits per heavy atom. The molecule has 0 bridgehead atoms. The molecule has 0 aromatic heterocycles. The number of rotatable bonds is 12. The fourth-order valence-electron chi connectivity index (χ4n) is 3.14. The van der Waals surface area contributed by atoms with Gasteiger partial charge in [-0.15, -0.1) is 0 Å². The molecule has 0 heterocycles. The molecule has 1 amide bonds. The maximum atomic E-state index is 11.8. The van der Waals surface area contributed by atoms with Gasteiger partial charge in [0.15, 0.2) is 0 Å². The zero-order chi connectivity index (χ0) is 21.9. The van der Waals surface area contributed by atoms with Crippen molar-refractivity contribution in [3.8, 4) is 0 Å². The molecule has 0 atom stereocenters. The quantitative estimate of drug-likeness (QED) is 0.537. The summed E-state index contributed by atoms with van der Waals surface area (Å²) in [7, 11) is 0. The lowest BCUT2D eigenvalue weighted by Crippen LogP contribution is -2.55. The van der Waals surface area contributed by atoms with Gasteiger partial charge in [-0.2, -0.15) is 0 Å². The number of esters is 2. The van der Waals surface area contributed by atoms with Gasteiger partial charge in [0.2, 0.25) is 5.91 Å². The van der Waals surface area contributed by atoms with Crippen LogP contribution in [0.5, 0.6) is 0 Å². The molecule has 29 heavy (non-hydrogen) atoms. The Labute approximate surface area is 174 Å². The van der Waals surface area contributed by atoms with Gasteiger partial charge in [-0.25, -0.2) is 0 Å². The van der Waals surface area contributed by atoms with Gasteiger partial charge in [0, 0.05) is 20.8 Å². The van der Waals surface area contributed by atoms with Crippen LogP contribution >= 0.6 is 0 Å². The Balaban J connectivity index is 2.81. The molecule has 0 fully saturated rings. The maximum absolute atomic E-state index is 11.8. The van der Waals surface area contributed by atoms with E-state index in [1.54, 1.807) is 0 Å². The molecule has 6 heteroatoms. The first-order valence-electron chi connectivity index (χ1n) is 10.3. The van der Waals surface area contributed by atoms with Crippen molar-refractivity contribution in [1.29, 1.82) is 0 Å². The average molecular weight is 406 g/mol. The van der Waals surface area contributed by atoms with Crippen LogP contribution in [-0.4, -0.2) is 36.6 Å². The number of carbonyl (C=O) groups is 3. The van der Waals surface area contributed by atoms with Gasteiger partial charge < -0.3 is 14.8 Å². The van der Waals surface area contributed by atoms with Crippen molar-refractivity contribution in [2.24, 2.45) is 5.92 Å². The van der Waals surface area contributed by atoms with Crippen LogP contribution in [0.1, 0.15) is 65.0 Å². The summed E-state index contributed by atoms with van der Waals surface area (Å²) < 4.78 is 10.3. The number of nitrogens with one attached hydrogen (secondary N) is 1. The molecular weight excluding hydrogens is 370 g/mol. The van der Waals surface area contributed by atoms with Crippen molar-refractivity contribution in [2.45, 2.75) is 72.3 Å². The highest BCUT2D eigenvalue weighted by Crippen LogP contribution is 2.19. The second-order valence-corrected chi connectivity index (χ2v) is 8.12. The average Bonchev–Trinajstić information content (AvgIpc) is 2.63. The minimum atomic E-state index is -0.959. The summed E-state index contributed by atoms with van der Waals surface area (Å²) in [6, 6.07) is 8.43. The molecule has 1 N–H and O–H groups in total. The van der Waals surface area contributed by atoms with E-state index < -0.39 is 17.5 Å². The summed E-state index contributed by atoms with van der Waals surface area (Å²) in [5.41, 5.74) is 1.46. The van der Waals surface area contributed by atoms with Crippen LogP contribution in [0.4, 0.5) is 0 Å². The third kappa shape index (κ3) is 10.7. The van der Waals surface area contributed by atoms with Gasteiger partial charge in [0.1, 0.15) is 18.8 Å². The highest BCUT2D eigenvalue weighted by Gasteiger charge is 2.34. The molecule has 162 valence electrons. The van der Waals surface area contributed by atoms with Crippen LogP contribution in [0.2, 0.25) is 0 Å². The van der Waals surface area contributed by atoms with Crippen LogP contribution in [-0.2, 0) is 36.7 Å². The van der Waals surface area contributed by atoms with E-state index in [0.717, 1.165) is 12.0 Å². The fourth-order valence-corrected chi connectivity index (χ4v) is 3.14. The van der Waals surface area contributed by atoms with Gasteiger partial charge in [-0.3, -0.25) is 14.4 Å². The lowest BCUT2D eigenvalue weighted by Gasteiger charge is -2.33. The van der Waals surface area contributed by atoms with Crippen molar-refractivity contribution < 1.29 is 23.9 Å². The van der Waals surface area contributed by atoms with Crippen molar-refractivity contribution in [3.63, 3.8) is 0 Å². The molecule has 0 aliphatic carbocycles. The first kappa shape index (κ1) is 24.7. The smallest absolute Gasteiger partial charge is 0.302 e. The number of amides is 1. The monoisotopic (exact) mass is 405 g/mol. The summed E-state index contributed by atoms with van der Waals surface area (Å²) in [6.45, 7) is 8.37. The Kier molecular flexibility index (Phi) is 10.4. The van der Waals surface area contributed by atoms with E-state index in [2.05, 4.69) is 43.4 Å². The Morgan fingerprint density at radius 3 is 1.79 bits per heavy atom. The highest BCUT2D eigenvalue weighted by atomic mass is 16.5. The Hall–Kier alpha value is -2.37. The van der Waals surface area contributed by atoms with E-state index in [1.807, 2.05) is 0 Å². The normalized spacial score (nSPS) is 11.2. The van der Waals surface area contributed by atoms with Crippen molar-refractivity contribution >= 4 is 17.8 Å². The number of carbonyl (C=O) groups excluding carboxylic acids is 3. The molecule has 0 aliphatic rings. The predicted molar refractivity (Wildman–Crippen MR) is 112 cm³/mol. The number of hydrogen-bond acceptors (Lipinski definition) is 5. The van der Waals surface area contributed by atoms with E-state index in [-0.39, 0.29) is 19.1 Å². The Morgan fingerprint density at radius 2 is 1.38 bits per heavy atom. The lowest BCUT2D eigenvalue weighted by atomic mass is 9.91. The zero-order valence-electron chi connectivity index (χ0n) is 18.4. The maximum Gasteiger partial charge on any atom is 0.302 e. The fraction of sp³-hybridized carbons (Fsp3) is 0.609. The second kappa shape index (κ2) is 12.2. The molecule has 1 aromatic rings. The van der Waals surface area contributed by atoms with E-state index in [9.17, 15) is 14.4 Å². The van der Waals surface area contributed by atoms with Crippen LogP contribution in [0.3, 0.4) is 0 Å². The largest absolute Gasteiger partial charge is 0.463 e. The zero-order valence-corrected chi connectivity index (χ0v) is 18.4. The Bertz CT molecular complexity index is 648. The van der Waals surface area contributed by atoms with Gasteiger partial charge >= 0.3 is 11.9 Å². The van der Waals surface area contributed by atoms with E-state index >= 15 is 0 Å². The number of benzene rings is 1. The predicted octanol–water partition coefficient (Wildman–Crippen LogP) is 3.60. The second-order valence-electron chi connectivity index (χ2n) is 8.12. The van der Waals surface area contributed by atoms with E-state index in [1.165, 1.54) is 39.2 Å². The van der Waals surface area contributed by atoms with Crippen molar-refractivity contribution in [2.75, 3.05) is 13.2 Å². The van der Waals surface area contributed by atoms with Crippen LogP contribution in [0.15, 0.2) is 24.3 Å². The van der Waals surface area contributed by atoms with Crippen LogP contribution in [0, 0.1) is 5.92 Å². The van der Waals surface area contributed by atoms with Gasteiger partial charge in [0.25, 0.3) is 0 Å². The third-order valence-electron chi connectivity index (χ3n) is 4.71. The molecule has 6 nitrogen and oxygen atoms in total. The molecule has 0 saturated carbocycles. The molecule has 1 rings (SSSR count). The molecule has 0 radical (unpaired) electrons. The summed E-state index contributed by atoms with van der Waals surface area (Å²) in [5.74, 6) is -0.461.